The Morgan fingerprint density at radius 1 is 1.60 bits per heavy atom. The fraction of sp³-hybridized carbons (Fsp3) is 0.600. The number of rotatable bonds is 3. The number of halogens is 5. The van der Waals surface area contributed by atoms with E-state index in [9.17, 15) is 22.4 Å². The van der Waals surface area contributed by atoms with Crippen LogP contribution < -0.4 is 10.6 Å². The van der Waals surface area contributed by atoms with Crippen molar-refractivity contribution in [3.05, 3.63) is 11.2 Å². The molecule has 112 valence electrons. The Bertz CT molecular complexity index is 504. The van der Waals surface area contributed by atoms with E-state index in [0.29, 0.717) is 4.68 Å². The van der Waals surface area contributed by atoms with E-state index in [1.54, 1.807) is 0 Å². The Kier molecular flexibility index (Phi) is 4.19. The van der Waals surface area contributed by atoms with Crippen molar-refractivity contribution in [1.29, 1.82) is 0 Å². The normalized spacial score (nSPS) is 23.1. The first-order valence-electron chi connectivity index (χ1n) is 5.72. The molecule has 2 rings (SSSR count). The van der Waals surface area contributed by atoms with Crippen molar-refractivity contribution < 1.29 is 22.4 Å². The largest absolute Gasteiger partial charge is 0.408 e. The molecule has 2 atom stereocenters. The third-order valence-corrected chi connectivity index (χ3v) is 2.97. The van der Waals surface area contributed by atoms with Gasteiger partial charge in [0.25, 0.3) is 0 Å². The maximum Gasteiger partial charge on any atom is 0.408 e. The van der Waals surface area contributed by atoms with Crippen molar-refractivity contribution in [3.63, 3.8) is 0 Å². The first-order valence-corrected chi connectivity index (χ1v) is 6.10. The highest BCUT2D eigenvalue weighted by Crippen LogP contribution is 2.23. The van der Waals surface area contributed by atoms with Crippen LogP contribution in [0.15, 0.2) is 6.20 Å². The Morgan fingerprint density at radius 3 is 2.85 bits per heavy atom. The van der Waals surface area contributed by atoms with E-state index in [4.69, 9.17) is 11.6 Å². The maximum absolute atomic E-state index is 12.9. The predicted octanol–water partition coefficient (Wildman–Crippen LogP) is 1.74. The minimum atomic E-state index is -4.44. The van der Waals surface area contributed by atoms with Crippen LogP contribution in [0.3, 0.4) is 0 Å². The topological polar surface area (TPSA) is 59.0 Å². The van der Waals surface area contributed by atoms with E-state index in [-0.39, 0.29) is 23.8 Å². The molecule has 1 aliphatic rings. The summed E-state index contributed by atoms with van der Waals surface area (Å²) in [4.78, 5) is 11.7. The summed E-state index contributed by atoms with van der Waals surface area (Å²) in [6.07, 6.45) is -4.59. The van der Waals surface area contributed by atoms with Gasteiger partial charge in [0.05, 0.1) is 6.04 Å². The van der Waals surface area contributed by atoms with Gasteiger partial charge in [-0.15, -0.1) is 0 Å². The zero-order valence-electron chi connectivity index (χ0n) is 10.0. The van der Waals surface area contributed by atoms with E-state index < -0.39 is 30.8 Å². The van der Waals surface area contributed by atoms with Crippen molar-refractivity contribution in [2.45, 2.75) is 31.4 Å². The Balaban J connectivity index is 2.01. The van der Waals surface area contributed by atoms with Crippen LogP contribution in [0.25, 0.3) is 0 Å². The van der Waals surface area contributed by atoms with Crippen LogP contribution in [0.4, 0.5) is 23.4 Å². The van der Waals surface area contributed by atoms with Crippen molar-refractivity contribution in [2.75, 3.05) is 11.9 Å². The molecule has 20 heavy (non-hydrogen) atoms. The van der Waals surface area contributed by atoms with Gasteiger partial charge in [-0.25, -0.2) is 4.39 Å². The highest BCUT2D eigenvalue weighted by atomic mass is 35.5. The van der Waals surface area contributed by atoms with E-state index in [0.717, 1.165) is 6.20 Å². The lowest BCUT2D eigenvalue weighted by molar-refractivity contribution is -0.142. The molecule has 0 saturated carbocycles. The molecule has 5 nitrogen and oxygen atoms in total. The SMILES string of the molecule is O=C(Nc1nn(CC(F)(F)F)cc1Cl)[C@@H]1C[C@@H](F)CN1. The zero-order chi connectivity index (χ0) is 14.9. The van der Waals surface area contributed by atoms with E-state index in [2.05, 4.69) is 15.7 Å². The fourth-order valence-electron chi connectivity index (χ4n) is 1.84. The van der Waals surface area contributed by atoms with Crippen LogP contribution in [-0.2, 0) is 11.3 Å². The average molecular weight is 315 g/mol. The van der Waals surface area contributed by atoms with E-state index >= 15 is 0 Å². The monoisotopic (exact) mass is 314 g/mol. The Labute approximate surface area is 116 Å². The van der Waals surface area contributed by atoms with E-state index in [1.807, 2.05) is 0 Å². The van der Waals surface area contributed by atoms with Crippen LogP contribution >= 0.6 is 11.6 Å². The van der Waals surface area contributed by atoms with Gasteiger partial charge in [-0.1, -0.05) is 11.6 Å². The molecule has 0 unspecified atom stereocenters. The molecular weight excluding hydrogens is 304 g/mol. The van der Waals surface area contributed by atoms with Gasteiger partial charge >= 0.3 is 6.18 Å². The fourth-order valence-corrected chi connectivity index (χ4v) is 2.04. The number of hydrogen-bond acceptors (Lipinski definition) is 3. The molecule has 2 N–H and O–H groups in total. The number of nitrogens with zero attached hydrogens (tertiary/aromatic N) is 2. The lowest BCUT2D eigenvalue weighted by atomic mass is 10.2. The van der Waals surface area contributed by atoms with Gasteiger partial charge in [0.1, 0.15) is 17.7 Å². The van der Waals surface area contributed by atoms with Crippen molar-refractivity contribution >= 4 is 23.3 Å². The van der Waals surface area contributed by atoms with Crippen LogP contribution in [0, 0.1) is 0 Å². The van der Waals surface area contributed by atoms with Crippen LogP contribution in [0.5, 0.6) is 0 Å². The molecule has 1 fully saturated rings. The summed E-state index contributed by atoms with van der Waals surface area (Å²) in [5.41, 5.74) is 0. The molecule has 2 heterocycles. The third kappa shape index (κ3) is 3.83. The molecule has 1 aromatic heterocycles. The van der Waals surface area contributed by atoms with Gasteiger partial charge in [0, 0.05) is 19.2 Å². The van der Waals surface area contributed by atoms with Gasteiger partial charge < -0.3 is 10.6 Å². The molecule has 1 saturated heterocycles. The number of alkyl halides is 4. The summed E-state index contributed by atoms with van der Waals surface area (Å²) in [7, 11) is 0. The molecule has 10 heteroatoms. The molecule has 0 aliphatic carbocycles. The quantitative estimate of drug-likeness (QED) is 0.836. The lowest BCUT2D eigenvalue weighted by Crippen LogP contribution is -2.35. The lowest BCUT2D eigenvalue weighted by Gasteiger charge is -2.09. The van der Waals surface area contributed by atoms with E-state index in [1.165, 1.54) is 0 Å². The molecule has 1 aromatic rings. The number of hydrogen-bond donors (Lipinski definition) is 2. The van der Waals surface area contributed by atoms with Gasteiger partial charge in [-0.05, 0) is 0 Å². The van der Waals surface area contributed by atoms with Gasteiger partial charge in [-0.2, -0.15) is 18.3 Å². The molecule has 0 bridgehead atoms. The van der Waals surface area contributed by atoms with Crippen LogP contribution in [-0.4, -0.2) is 40.6 Å². The zero-order valence-corrected chi connectivity index (χ0v) is 10.8. The minimum absolute atomic E-state index is 0.00666. The summed E-state index contributed by atoms with van der Waals surface area (Å²) >= 11 is 5.69. The van der Waals surface area contributed by atoms with Crippen molar-refractivity contribution in [2.24, 2.45) is 0 Å². The van der Waals surface area contributed by atoms with Crippen LogP contribution in [0.1, 0.15) is 6.42 Å². The second-order valence-corrected chi connectivity index (χ2v) is 4.83. The molecule has 1 aliphatic heterocycles. The second kappa shape index (κ2) is 5.57. The summed E-state index contributed by atoms with van der Waals surface area (Å²) in [5, 5.41) is 8.35. The van der Waals surface area contributed by atoms with Crippen molar-refractivity contribution in [3.8, 4) is 0 Å². The van der Waals surface area contributed by atoms with Gasteiger partial charge in [0.2, 0.25) is 5.91 Å². The Hall–Kier alpha value is -1.35. The summed E-state index contributed by atoms with van der Waals surface area (Å²) in [6.45, 7) is -1.24. The highest BCUT2D eigenvalue weighted by Gasteiger charge is 2.31. The number of anilines is 1. The predicted molar refractivity (Wildman–Crippen MR) is 63.2 cm³/mol. The average Bonchev–Trinajstić information content (AvgIpc) is 2.84. The smallest absolute Gasteiger partial charge is 0.307 e. The van der Waals surface area contributed by atoms with Crippen molar-refractivity contribution in [1.82, 2.24) is 15.1 Å². The molecular formula is C10H11ClF4N4O. The molecule has 0 spiro atoms. The first-order chi connectivity index (χ1) is 9.24. The number of carbonyl (C=O) groups excluding carboxylic acids is 1. The summed E-state index contributed by atoms with van der Waals surface area (Å²) in [5.74, 6) is -0.755. The highest BCUT2D eigenvalue weighted by molar-refractivity contribution is 6.33. The first kappa shape index (κ1) is 15.0. The summed E-state index contributed by atoms with van der Waals surface area (Å²) in [6, 6.07) is -0.742. The second-order valence-electron chi connectivity index (χ2n) is 4.42. The Morgan fingerprint density at radius 2 is 2.30 bits per heavy atom. The molecule has 0 aromatic carbocycles. The number of amides is 1. The summed E-state index contributed by atoms with van der Waals surface area (Å²) < 4.78 is 50.1. The molecule has 1 amide bonds. The minimum Gasteiger partial charge on any atom is -0.307 e. The maximum atomic E-state index is 12.9. The number of carbonyl (C=O) groups is 1. The van der Waals surface area contributed by atoms with Gasteiger partial charge in [-0.3, -0.25) is 9.48 Å². The number of aromatic nitrogens is 2. The molecule has 0 radical (unpaired) electrons. The number of nitrogens with one attached hydrogen (secondary N) is 2. The standard InChI is InChI=1S/C10H11ClF4N4O/c11-6-3-19(4-10(13,14)15)18-8(6)17-9(20)7-1-5(12)2-16-7/h3,5,7,16H,1-2,4H2,(H,17,18,20)/t5-,7+/m1/s1. The third-order valence-electron chi connectivity index (χ3n) is 2.69. The van der Waals surface area contributed by atoms with Crippen LogP contribution in [0.2, 0.25) is 5.02 Å². The van der Waals surface area contributed by atoms with Gasteiger partial charge in [0.15, 0.2) is 5.82 Å².